The second-order valence-corrected chi connectivity index (χ2v) is 6.68. The van der Waals surface area contributed by atoms with Crippen LogP contribution in [0.3, 0.4) is 0 Å². The van der Waals surface area contributed by atoms with Crippen LogP contribution in [0.4, 0.5) is 0 Å². The minimum Gasteiger partial charge on any atom is -0.383 e. The van der Waals surface area contributed by atoms with Crippen LogP contribution in [0.15, 0.2) is 53.4 Å². The van der Waals surface area contributed by atoms with Gasteiger partial charge in [-0.1, -0.05) is 29.8 Å². The van der Waals surface area contributed by atoms with E-state index in [0.29, 0.717) is 12.2 Å². The van der Waals surface area contributed by atoms with E-state index in [1.807, 2.05) is 31.2 Å². The van der Waals surface area contributed by atoms with Crippen molar-refractivity contribution in [3.05, 3.63) is 65.2 Å². The summed E-state index contributed by atoms with van der Waals surface area (Å²) in [5.41, 5.74) is 3.15. The van der Waals surface area contributed by atoms with Gasteiger partial charge in [0.25, 0.3) is 5.91 Å². The van der Waals surface area contributed by atoms with Crippen molar-refractivity contribution < 1.29 is 9.53 Å². The molecule has 1 N–H and O–H groups in total. The number of hydrogen-bond acceptors (Lipinski definition) is 3. The number of carbonyl (C=O) groups is 1. The summed E-state index contributed by atoms with van der Waals surface area (Å²) in [4.78, 5) is 13.3. The van der Waals surface area contributed by atoms with Crippen LogP contribution in [0.25, 0.3) is 0 Å². The first-order valence-corrected chi connectivity index (χ1v) is 8.65. The lowest BCUT2D eigenvalue weighted by molar-refractivity contribution is 0.0905. The van der Waals surface area contributed by atoms with E-state index >= 15 is 0 Å². The van der Waals surface area contributed by atoms with Crippen LogP contribution in [0, 0.1) is 6.92 Å². The number of carbonyl (C=O) groups excluding carboxylic acids is 1. The monoisotopic (exact) mass is 329 g/mol. The van der Waals surface area contributed by atoms with Crippen LogP contribution >= 0.6 is 11.8 Å². The van der Waals surface area contributed by atoms with Crippen molar-refractivity contribution in [1.29, 1.82) is 0 Å². The number of thioether (sulfide) groups is 1. The van der Waals surface area contributed by atoms with Crippen LogP contribution in [-0.4, -0.2) is 25.7 Å². The average molecular weight is 329 g/mol. The molecular formula is C19H23NO2S. The molecule has 0 aromatic heterocycles. The van der Waals surface area contributed by atoms with Crippen LogP contribution in [0.5, 0.6) is 0 Å². The van der Waals surface area contributed by atoms with Crippen molar-refractivity contribution in [2.75, 3.05) is 13.7 Å². The fourth-order valence-corrected chi connectivity index (χ4v) is 3.01. The molecule has 1 amide bonds. The molecule has 3 nitrogen and oxygen atoms in total. The Hall–Kier alpha value is -1.78. The lowest BCUT2D eigenvalue weighted by Gasteiger charge is -2.12. The number of methoxy groups -OCH3 is 1. The quantitative estimate of drug-likeness (QED) is 0.779. The van der Waals surface area contributed by atoms with Gasteiger partial charge in [-0.15, -0.1) is 11.8 Å². The third-order valence-electron chi connectivity index (χ3n) is 3.44. The normalized spacial score (nSPS) is 12.0. The molecule has 122 valence electrons. The molecule has 0 fully saturated rings. The SMILES string of the molecule is COCC(C)NC(=O)c1ccc(CSc2ccc(C)cc2)cc1. The zero-order valence-corrected chi connectivity index (χ0v) is 14.7. The molecule has 4 heteroatoms. The maximum Gasteiger partial charge on any atom is 0.251 e. The van der Waals surface area contributed by atoms with E-state index in [9.17, 15) is 4.79 Å². The Morgan fingerprint density at radius 1 is 1.13 bits per heavy atom. The van der Waals surface area contributed by atoms with Crippen LogP contribution in [-0.2, 0) is 10.5 Å². The van der Waals surface area contributed by atoms with Gasteiger partial charge in [0.15, 0.2) is 0 Å². The van der Waals surface area contributed by atoms with Crippen LogP contribution in [0.2, 0.25) is 0 Å². The molecule has 0 spiro atoms. The first kappa shape index (κ1) is 17.6. The van der Waals surface area contributed by atoms with Crippen molar-refractivity contribution >= 4 is 17.7 Å². The standard InChI is InChI=1S/C19H23NO2S/c1-14-4-10-18(11-5-14)23-13-16-6-8-17(9-7-16)19(21)20-15(2)12-22-3/h4-11,15H,12-13H2,1-3H3,(H,20,21). The van der Waals surface area contributed by atoms with E-state index < -0.39 is 0 Å². The van der Waals surface area contributed by atoms with E-state index in [1.165, 1.54) is 16.0 Å². The smallest absolute Gasteiger partial charge is 0.251 e. The largest absolute Gasteiger partial charge is 0.383 e. The van der Waals surface area contributed by atoms with Crippen molar-refractivity contribution in [2.45, 2.75) is 30.5 Å². The first-order valence-electron chi connectivity index (χ1n) is 7.66. The van der Waals surface area contributed by atoms with E-state index in [4.69, 9.17) is 4.74 Å². The Morgan fingerprint density at radius 3 is 2.39 bits per heavy atom. The third-order valence-corrected chi connectivity index (χ3v) is 4.52. The molecule has 2 rings (SSSR count). The number of hydrogen-bond donors (Lipinski definition) is 1. The highest BCUT2D eigenvalue weighted by molar-refractivity contribution is 7.98. The van der Waals surface area contributed by atoms with Crippen molar-refractivity contribution in [2.24, 2.45) is 0 Å². The zero-order valence-electron chi connectivity index (χ0n) is 13.8. The Bertz CT molecular complexity index is 623. The summed E-state index contributed by atoms with van der Waals surface area (Å²) < 4.78 is 5.02. The molecule has 1 atom stereocenters. The molecule has 1 unspecified atom stereocenters. The van der Waals surface area contributed by atoms with E-state index in [1.54, 1.807) is 18.9 Å². The second-order valence-electron chi connectivity index (χ2n) is 5.63. The summed E-state index contributed by atoms with van der Waals surface area (Å²) in [5.74, 6) is 0.831. The van der Waals surface area contributed by atoms with Gasteiger partial charge in [0.1, 0.15) is 0 Å². The molecule has 0 bridgehead atoms. The predicted molar refractivity (Wildman–Crippen MR) is 96.0 cm³/mol. The van der Waals surface area contributed by atoms with Gasteiger partial charge < -0.3 is 10.1 Å². The van der Waals surface area contributed by atoms with Crippen LogP contribution < -0.4 is 5.32 Å². The minimum atomic E-state index is -0.0627. The Morgan fingerprint density at radius 2 is 1.78 bits per heavy atom. The number of amides is 1. The highest BCUT2D eigenvalue weighted by atomic mass is 32.2. The number of rotatable bonds is 7. The van der Waals surface area contributed by atoms with Gasteiger partial charge in [-0.05, 0) is 43.7 Å². The van der Waals surface area contributed by atoms with E-state index in [-0.39, 0.29) is 11.9 Å². The fraction of sp³-hybridized carbons (Fsp3) is 0.316. The summed E-state index contributed by atoms with van der Waals surface area (Å²) in [6, 6.07) is 16.3. The number of nitrogens with one attached hydrogen (secondary N) is 1. The maximum absolute atomic E-state index is 12.1. The van der Waals surface area contributed by atoms with Crippen molar-refractivity contribution in [3.63, 3.8) is 0 Å². The lowest BCUT2D eigenvalue weighted by atomic mass is 10.1. The zero-order chi connectivity index (χ0) is 16.7. The molecule has 0 saturated carbocycles. The topological polar surface area (TPSA) is 38.3 Å². The number of aryl methyl sites for hydroxylation is 1. The van der Waals surface area contributed by atoms with Gasteiger partial charge in [-0.3, -0.25) is 4.79 Å². The van der Waals surface area contributed by atoms with Gasteiger partial charge >= 0.3 is 0 Å². The van der Waals surface area contributed by atoms with Gasteiger partial charge in [0, 0.05) is 29.4 Å². The molecule has 2 aromatic rings. The van der Waals surface area contributed by atoms with E-state index in [0.717, 1.165) is 5.75 Å². The molecular weight excluding hydrogens is 306 g/mol. The van der Waals surface area contributed by atoms with Gasteiger partial charge in [-0.25, -0.2) is 0 Å². The van der Waals surface area contributed by atoms with Crippen molar-refractivity contribution in [1.82, 2.24) is 5.32 Å². The summed E-state index contributed by atoms with van der Waals surface area (Å²) in [5, 5.41) is 2.91. The second kappa shape index (κ2) is 8.75. The Labute approximate surface area is 142 Å². The summed E-state index contributed by atoms with van der Waals surface area (Å²) in [7, 11) is 1.63. The molecule has 0 radical (unpaired) electrons. The molecule has 0 aliphatic carbocycles. The Balaban J connectivity index is 1.88. The number of ether oxygens (including phenoxy) is 1. The van der Waals surface area contributed by atoms with Gasteiger partial charge in [0.05, 0.1) is 6.61 Å². The van der Waals surface area contributed by atoms with Crippen LogP contribution in [0.1, 0.15) is 28.4 Å². The summed E-state index contributed by atoms with van der Waals surface area (Å²) in [6.45, 7) is 4.52. The third kappa shape index (κ3) is 5.73. The van der Waals surface area contributed by atoms with Crippen molar-refractivity contribution in [3.8, 4) is 0 Å². The highest BCUT2D eigenvalue weighted by Gasteiger charge is 2.09. The minimum absolute atomic E-state index is 0.00395. The molecule has 23 heavy (non-hydrogen) atoms. The Kier molecular flexibility index (Phi) is 6.68. The maximum atomic E-state index is 12.1. The highest BCUT2D eigenvalue weighted by Crippen LogP contribution is 2.23. The molecule has 2 aromatic carbocycles. The summed E-state index contributed by atoms with van der Waals surface area (Å²) >= 11 is 1.80. The molecule has 0 heterocycles. The first-order chi connectivity index (χ1) is 11.1. The van der Waals surface area contributed by atoms with E-state index in [2.05, 4.69) is 36.5 Å². The van der Waals surface area contributed by atoms with Gasteiger partial charge in [-0.2, -0.15) is 0 Å². The molecule has 0 aliphatic heterocycles. The predicted octanol–water partition coefficient (Wildman–Crippen LogP) is 4.05. The lowest BCUT2D eigenvalue weighted by Crippen LogP contribution is -2.35. The number of benzene rings is 2. The fourth-order valence-electron chi connectivity index (χ4n) is 2.15. The molecule has 0 aliphatic rings. The molecule has 0 saturated heterocycles. The average Bonchev–Trinajstić information content (AvgIpc) is 2.55. The van der Waals surface area contributed by atoms with Gasteiger partial charge in [0.2, 0.25) is 0 Å². The summed E-state index contributed by atoms with van der Waals surface area (Å²) in [6.07, 6.45) is 0.